The van der Waals surface area contributed by atoms with Crippen LogP contribution in [0.1, 0.15) is 38.7 Å². The first kappa shape index (κ1) is 21.1. The minimum Gasteiger partial charge on any atom is -0.389 e. The van der Waals surface area contributed by atoms with Crippen molar-refractivity contribution in [2.75, 3.05) is 13.1 Å². The van der Waals surface area contributed by atoms with Crippen LogP contribution >= 0.6 is 22.9 Å². The summed E-state index contributed by atoms with van der Waals surface area (Å²) >= 11 is 7.47. The molecule has 1 fully saturated rings. The van der Waals surface area contributed by atoms with E-state index in [9.17, 15) is 9.90 Å². The number of hydrogen-bond acceptors (Lipinski definition) is 6. The molecule has 2 N–H and O–H groups in total. The number of piperidine rings is 1. The van der Waals surface area contributed by atoms with Gasteiger partial charge in [-0.25, -0.2) is 0 Å². The molecule has 0 bridgehead atoms. The van der Waals surface area contributed by atoms with Crippen molar-refractivity contribution in [3.8, 4) is 0 Å². The summed E-state index contributed by atoms with van der Waals surface area (Å²) in [4.78, 5) is 15.6. The Kier molecular flexibility index (Phi) is 5.97. The molecule has 2 atom stereocenters. The highest BCUT2D eigenvalue weighted by Gasteiger charge is 2.45. The first-order chi connectivity index (χ1) is 14.4. The summed E-state index contributed by atoms with van der Waals surface area (Å²) < 4.78 is 5.27. The Morgan fingerprint density at radius 2 is 2.13 bits per heavy atom. The summed E-state index contributed by atoms with van der Waals surface area (Å²) in [5.74, 6) is 0.527. The summed E-state index contributed by atoms with van der Waals surface area (Å²) in [6.07, 6.45) is -0.229. The van der Waals surface area contributed by atoms with E-state index >= 15 is 0 Å². The van der Waals surface area contributed by atoms with E-state index in [2.05, 4.69) is 15.4 Å². The monoisotopic (exact) mass is 445 g/mol. The SMILES string of the molecule is Cc1noc(C)c1CN1CC[C@@](NC(=O)c2sccc2Cl)(c2ccccc2)[C@H](O)C1. The Balaban J connectivity index is 1.60. The van der Waals surface area contributed by atoms with Crippen LogP contribution in [0.4, 0.5) is 0 Å². The van der Waals surface area contributed by atoms with Crippen LogP contribution in [0.5, 0.6) is 0 Å². The van der Waals surface area contributed by atoms with Crippen molar-refractivity contribution < 1.29 is 14.4 Å². The Hall–Kier alpha value is -2.19. The van der Waals surface area contributed by atoms with E-state index in [1.165, 1.54) is 11.3 Å². The molecule has 4 rings (SSSR count). The highest BCUT2D eigenvalue weighted by Crippen LogP contribution is 2.35. The maximum atomic E-state index is 13.0. The topological polar surface area (TPSA) is 78.6 Å². The minimum absolute atomic E-state index is 0.267. The molecule has 158 valence electrons. The third-order valence-electron chi connectivity index (χ3n) is 5.83. The number of halogens is 1. The maximum absolute atomic E-state index is 13.0. The van der Waals surface area contributed by atoms with Gasteiger partial charge in [0.2, 0.25) is 0 Å². The van der Waals surface area contributed by atoms with E-state index in [4.69, 9.17) is 16.1 Å². The van der Waals surface area contributed by atoms with Crippen LogP contribution in [0.25, 0.3) is 0 Å². The number of nitrogens with one attached hydrogen (secondary N) is 1. The number of aryl methyl sites for hydroxylation is 2. The van der Waals surface area contributed by atoms with Crippen LogP contribution in [0, 0.1) is 13.8 Å². The first-order valence-corrected chi connectivity index (χ1v) is 11.1. The van der Waals surface area contributed by atoms with Gasteiger partial charge in [-0.3, -0.25) is 9.69 Å². The second-order valence-electron chi connectivity index (χ2n) is 7.69. The molecule has 0 spiro atoms. The number of aliphatic hydroxyl groups is 1. The second kappa shape index (κ2) is 8.51. The van der Waals surface area contributed by atoms with Gasteiger partial charge >= 0.3 is 0 Å². The van der Waals surface area contributed by atoms with Gasteiger partial charge in [-0.1, -0.05) is 47.1 Å². The van der Waals surface area contributed by atoms with E-state index in [1.54, 1.807) is 11.4 Å². The fourth-order valence-corrected chi connectivity index (χ4v) is 5.13. The van der Waals surface area contributed by atoms with Crippen LogP contribution in [0.2, 0.25) is 5.02 Å². The van der Waals surface area contributed by atoms with E-state index < -0.39 is 11.6 Å². The van der Waals surface area contributed by atoms with Crippen molar-refractivity contribution in [1.82, 2.24) is 15.4 Å². The number of hydrogen-bond donors (Lipinski definition) is 2. The molecule has 1 saturated heterocycles. The van der Waals surface area contributed by atoms with Gasteiger partial charge in [-0.2, -0.15) is 0 Å². The lowest BCUT2D eigenvalue weighted by Crippen LogP contribution is -2.61. The number of nitrogens with zero attached hydrogens (tertiary/aromatic N) is 2. The van der Waals surface area contributed by atoms with Gasteiger partial charge in [0.15, 0.2) is 0 Å². The fourth-order valence-electron chi connectivity index (χ4n) is 4.09. The zero-order valence-corrected chi connectivity index (χ0v) is 18.5. The van der Waals surface area contributed by atoms with Crippen LogP contribution in [-0.2, 0) is 12.1 Å². The molecule has 1 amide bonds. The molecule has 0 saturated carbocycles. The van der Waals surface area contributed by atoms with Crippen molar-refractivity contribution >= 4 is 28.8 Å². The molecule has 3 aromatic rings. The molecule has 2 aromatic heterocycles. The van der Waals surface area contributed by atoms with Crippen LogP contribution < -0.4 is 5.32 Å². The molecule has 1 aromatic carbocycles. The number of aromatic nitrogens is 1. The number of amides is 1. The van der Waals surface area contributed by atoms with E-state index in [-0.39, 0.29) is 5.91 Å². The Labute approximate surface area is 184 Å². The van der Waals surface area contributed by atoms with Crippen molar-refractivity contribution in [1.29, 1.82) is 0 Å². The summed E-state index contributed by atoms with van der Waals surface area (Å²) in [6, 6.07) is 11.4. The molecule has 0 radical (unpaired) electrons. The molecule has 6 nitrogen and oxygen atoms in total. The number of benzene rings is 1. The first-order valence-electron chi connectivity index (χ1n) is 9.84. The third kappa shape index (κ3) is 3.90. The molecule has 1 aliphatic rings. The average Bonchev–Trinajstić information content (AvgIpc) is 3.31. The van der Waals surface area contributed by atoms with E-state index in [0.29, 0.717) is 36.0 Å². The highest BCUT2D eigenvalue weighted by molar-refractivity contribution is 7.12. The van der Waals surface area contributed by atoms with E-state index in [1.807, 2.05) is 44.2 Å². The number of thiophene rings is 1. The molecule has 0 unspecified atom stereocenters. The minimum atomic E-state index is -0.888. The van der Waals surface area contributed by atoms with Crippen molar-refractivity contribution in [3.05, 3.63) is 74.3 Å². The van der Waals surface area contributed by atoms with Crippen LogP contribution in [0.15, 0.2) is 46.3 Å². The summed E-state index contributed by atoms with van der Waals surface area (Å²) in [5.41, 5.74) is 1.91. The van der Waals surface area contributed by atoms with Crippen molar-refractivity contribution in [2.24, 2.45) is 0 Å². The van der Waals surface area contributed by atoms with Gasteiger partial charge in [-0.15, -0.1) is 11.3 Å². The summed E-state index contributed by atoms with van der Waals surface area (Å²) in [5, 5.41) is 20.7. The quantitative estimate of drug-likeness (QED) is 0.622. The van der Waals surface area contributed by atoms with E-state index in [0.717, 1.165) is 22.6 Å². The molecular weight excluding hydrogens is 422 g/mol. The number of aliphatic hydroxyl groups excluding tert-OH is 1. The molecule has 30 heavy (non-hydrogen) atoms. The number of likely N-dealkylation sites (tertiary alicyclic amines) is 1. The number of rotatable bonds is 5. The summed E-state index contributed by atoms with van der Waals surface area (Å²) in [7, 11) is 0. The Morgan fingerprint density at radius 3 is 2.73 bits per heavy atom. The zero-order chi connectivity index (χ0) is 21.3. The molecule has 0 aliphatic carbocycles. The lowest BCUT2D eigenvalue weighted by Gasteiger charge is -2.46. The zero-order valence-electron chi connectivity index (χ0n) is 16.9. The van der Waals surface area contributed by atoms with Gasteiger partial charge in [-0.05, 0) is 37.3 Å². The molecule has 3 heterocycles. The Morgan fingerprint density at radius 1 is 1.37 bits per heavy atom. The normalized spacial score (nSPS) is 22.2. The lowest BCUT2D eigenvalue weighted by atomic mass is 9.78. The third-order valence-corrected chi connectivity index (χ3v) is 7.17. The second-order valence-corrected chi connectivity index (χ2v) is 9.02. The van der Waals surface area contributed by atoms with Crippen LogP contribution in [-0.4, -0.2) is 40.3 Å². The standard InChI is InChI=1S/C22H24ClN3O3S/c1-14-17(15(2)29-25-14)12-26-10-9-22(19(27)13-26,16-6-4-3-5-7-16)24-21(28)20-18(23)8-11-30-20/h3-8,11,19,27H,9-10,12-13H2,1-2H3,(H,24,28)/t19-,22-/m1/s1. The predicted octanol–water partition coefficient (Wildman–Crippen LogP) is 3.90. The molecular formula is C22H24ClN3O3S. The van der Waals surface area contributed by atoms with Gasteiger partial charge in [0.25, 0.3) is 5.91 Å². The summed E-state index contributed by atoms with van der Waals surface area (Å²) in [6.45, 7) is 5.58. The number of carbonyl (C=O) groups excluding carboxylic acids is 1. The fraction of sp³-hybridized carbons (Fsp3) is 0.364. The van der Waals surface area contributed by atoms with Gasteiger partial charge in [0, 0.05) is 25.2 Å². The molecule has 1 aliphatic heterocycles. The van der Waals surface area contributed by atoms with Gasteiger partial charge in [0.1, 0.15) is 10.6 Å². The van der Waals surface area contributed by atoms with Crippen molar-refractivity contribution in [2.45, 2.75) is 38.5 Å². The molecule has 8 heteroatoms. The van der Waals surface area contributed by atoms with Gasteiger partial charge < -0.3 is 14.9 Å². The lowest BCUT2D eigenvalue weighted by molar-refractivity contribution is -0.0181. The van der Waals surface area contributed by atoms with Crippen molar-refractivity contribution in [3.63, 3.8) is 0 Å². The smallest absolute Gasteiger partial charge is 0.263 e. The Bertz CT molecular complexity index is 1020. The average molecular weight is 446 g/mol. The van der Waals surface area contributed by atoms with Gasteiger partial charge in [0.05, 0.1) is 22.4 Å². The van der Waals surface area contributed by atoms with Crippen LogP contribution in [0.3, 0.4) is 0 Å². The maximum Gasteiger partial charge on any atom is 0.263 e. The number of carbonyl (C=O) groups is 1. The largest absolute Gasteiger partial charge is 0.389 e. The number of β-amino-alcohol motifs (C(OH)–C–C–N with tert-alkyl or cyclic N) is 1. The highest BCUT2D eigenvalue weighted by atomic mass is 35.5. The predicted molar refractivity (Wildman–Crippen MR) is 117 cm³/mol.